The van der Waals surface area contributed by atoms with Crippen LogP contribution in [0.25, 0.3) is 11.0 Å². The molecule has 0 aliphatic carbocycles. The predicted octanol–water partition coefficient (Wildman–Crippen LogP) is 1.97. The van der Waals surface area contributed by atoms with Crippen molar-refractivity contribution in [3.8, 4) is 0 Å². The molecule has 6 heteroatoms. The van der Waals surface area contributed by atoms with Gasteiger partial charge in [0.2, 0.25) is 0 Å². The standard InChI is InChI=1S/C12H11ClN2O3/c1-3-18-12(17)10(16)11-14-8-6-7(13)4-5-9(8)15(11)2/h4-6H,3H2,1-2H3. The zero-order valence-electron chi connectivity index (χ0n) is 9.94. The molecule has 0 bridgehead atoms. The molecule has 0 radical (unpaired) electrons. The second-order valence-electron chi connectivity index (χ2n) is 3.68. The summed E-state index contributed by atoms with van der Waals surface area (Å²) >= 11 is 5.85. The Morgan fingerprint density at radius 3 is 2.83 bits per heavy atom. The number of imidazole rings is 1. The number of halogens is 1. The molecule has 0 fully saturated rings. The Labute approximate surface area is 108 Å². The molecule has 0 atom stereocenters. The Balaban J connectivity index is 2.49. The van der Waals surface area contributed by atoms with Gasteiger partial charge in [-0.1, -0.05) is 11.6 Å². The number of ether oxygens (including phenoxy) is 1. The Hall–Kier alpha value is -1.88. The number of Topliss-reactive ketones (excluding diaryl/α,β-unsaturated/α-hetero) is 1. The summed E-state index contributed by atoms with van der Waals surface area (Å²) in [7, 11) is 1.66. The molecular formula is C12H11ClN2O3. The number of fused-ring (bicyclic) bond motifs is 1. The van der Waals surface area contributed by atoms with Gasteiger partial charge in [-0.05, 0) is 25.1 Å². The molecule has 2 aromatic rings. The average Bonchev–Trinajstić information content (AvgIpc) is 2.65. The van der Waals surface area contributed by atoms with Crippen LogP contribution in [0, 0.1) is 0 Å². The quantitative estimate of drug-likeness (QED) is 0.484. The highest BCUT2D eigenvalue weighted by Crippen LogP contribution is 2.19. The fourth-order valence-electron chi connectivity index (χ4n) is 1.66. The number of hydrogen-bond acceptors (Lipinski definition) is 4. The molecule has 0 saturated carbocycles. The van der Waals surface area contributed by atoms with Crippen LogP contribution in [-0.4, -0.2) is 27.9 Å². The minimum absolute atomic E-state index is 0.0470. The van der Waals surface area contributed by atoms with E-state index in [1.807, 2.05) is 0 Å². The molecule has 0 amide bonds. The van der Waals surface area contributed by atoms with Gasteiger partial charge in [0, 0.05) is 12.1 Å². The molecule has 5 nitrogen and oxygen atoms in total. The lowest BCUT2D eigenvalue weighted by atomic mass is 10.3. The van der Waals surface area contributed by atoms with E-state index in [2.05, 4.69) is 9.72 Å². The van der Waals surface area contributed by atoms with Gasteiger partial charge in [0.05, 0.1) is 17.6 Å². The summed E-state index contributed by atoms with van der Waals surface area (Å²) in [6, 6.07) is 5.08. The van der Waals surface area contributed by atoms with Gasteiger partial charge in [0.1, 0.15) is 0 Å². The van der Waals surface area contributed by atoms with Crippen molar-refractivity contribution in [2.75, 3.05) is 6.61 Å². The van der Waals surface area contributed by atoms with E-state index in [0.717, 1.165) is 5.52 Å². The number of esters is 1. The summed E-state index contributed by atoms with van der Waals surface area (Å²) in [5.74, 6) is -1.61. The molecule has 94 valence electrons. The first-order valence-corrected chi connectivity index (χ1v) is 5.75. The van der Waals surface area contributed by atoms with Crippen LogP contribution in [0.3, 0.4) is 0 Å². The van der Waals surface area contributed by atoms with Crippen molar-refractivity contribution in [2.45, 2.75) is 6.92 Å². The van der Waals surface area contributed by atoms with Crippen molar-refractivity contribution < 1.29 is 14.3 Å². The molecule has 1 heterocycles. The molecule has 0 spiro atoms. The number of rotatable bonds is 3. The van der Waals surface area contributed by atoms with E-state index in [1.54, 1.807) is 36.7 Å². The summed E-state index contributed by atoms with van der Waals surface area (Å²) < 4.78 is 6.21. The summed E-state index contributed by atoms with van der Waals surface area (Å²) in [5, 5.41) is 0.524. The molecule has 0 unspecified atom stereocenters. The lowest BCUT2D eigenvalue weighted by Gasteiger charge is -2.01. The van der Waals surface area contributed by atoms with Crippen molar-refractivity contribution >= 4 is 34.4 Å². The Kier molecular flexibility index (Phi) is 3.34. The first kappa shape index (κ1) is 12.6. The Bertz CT molecular complexity index is 634. The number of carbonyl (C=O) groups is 2. The van der Waals surface area contributed by atoms with Gasteiger partial charge >= 0.3 is 11.8 Å². The zero-order chi connectivity index (χ0) is 13.3. The van der Waals surface area contributed by atoms with Crippen molar-refractivity contribution in [1.82, 2.24) is 9.55 Å². The van der Waals surface area contributed by atoms with Crippen LogP contribution in [0.4, 0.5) is 0 Å². The maximum absolute atomic E-state index is 11.8. The normalized spacial score (nSPS) is 10.6. The fraction of sp³-hybridized carbons (Fsp3) is 0.250. The third-order valence-electron chi connectivity index (χ3n) is 2.51. The number of benzene rings is 1. The summed E-state index contributed by atoms with van der Waals surface area (Å²) in [5.41, 5.74) is 1.30. The minimum atomic E-state index is -0.901. The van der Waals surface area contributed by atoms with Gasteiger partial charge in [0.25, 0.3) is 0 Å². The zero-order valence-corrected chi connectivity index (χ0v) is 10.7. The van der Waals surface area contributed by atoms with Crippen LogP contribution in [0.1, 0.15) is 17.5 Å². The third-order valence-corrected chi connectivity index (χ3v) is 2.74. The molecule has 0 aliphatic rings. The van der Waals surface area contributed by atoms with Gasteiger partial charge in [-0.2, -0.15) is 0 Å². The van der Waals surface area contributed by atoms with Crippen LogP contribution < -0.4 is 0 Å². The highest BCUT2D eigenvalue weighted by Gasteiger charge is 2.23. The van der Waals surface area contributed by atoms with Crippen molar-refractivity contribution in [2.24, 2.45) is 7.05 Å². The topological polar surface area (TPSA) is 61.2 Å². The van der Waals surface area contributed by atoms with Crippen LogP contribution in [0.15, 0.2) is 18.2 Å². The first-order valence-electron chi connectivity index (χ1n) is 5.38. The molecule has 1 aromatic heterocycles. The molecular weight excluding hydrogens is 256 g/mol. The molecule has 1 aromatic carbocycles. The predicted molar refractivity (Wildman–Crippen MR) is 66.7 cm³/mol. The number of ketones is 1. The summed E-state index contributed by atoms with van der Waals surface area (Å²) in [6.07, 6.45) is 0. The van der Waals surface area contributed by atoms with E-state index in [4.69, 9.17) is 11.6 Å². The molecule has 0 N–H and O–H groups in total. The molecule has 18 heavy (non-hydrogen) atoms. The summed E-state index contributed by atoms with van der Waals surface area (Å²) in [4.78, 5) is 27.3. The van der Waals surface area contributed by atoms with E-state index in [1.165, 1.54) is 0 Å². The number of hydrogen-bond donors (Lipinski definition) is 0. The smallest absolute Gasteiger partial charge is 0.383 e. The van der Waals surface area contributed by atoms with Crippen LogP contribution in [0.2, 0.25) is 5.02 Å². The lowest BCUT2D eigenvalue weighted by Crippen LogP contribution is -2.21. The SMILES string of the molecule is CCOC(=O)C(=O)c1nc2cc(Cl)ccc2n1C. The number of aryl methyl sites for hydroxylation is 1. The average molecular weight is 267 g/mol. The number of aromatic nitrogens is 2. The highest BCUT2D eigenvalue weighted by atomic mass is 35.5. The van der Waals surface area contributed by atoms with Crippen molar-refractivity contribution in [3.05, 3.63) is 29.0 Å². The third kappa shape index (κ3) is 2.09. The largest absolute Gasteiger partial charge is 0.460 e. The van der Waals surface area contributed by atoms with Crippen LogP contribution in [-0.2, 0) is 16.6 Å². The number of carbonyl (C=O) groups excluding carboxylic acids is 2. The lowest BCUT2D eigenvalue weighted by molar-refractivity contribution is -0.137. The van der Waals surface area contributed by atoms with E-state index in [9.17, 15) is 9.59 Å². The van der Waals surface area contributed by atoms with Crippen molar-refractivity contribution in [3.63, 3.8) is 0 Å². The van der Waals surface area contributed by atoms with E-state index >= 15 is 0 Å². The monoisotopic (exact) mass is 266 g/mol. The van der Waals surface area contributed by atoms with E-state index in [-0.39, 0.29) is 12.4 Å². The highest BCUT2D eigenvalue weighted by molar-refractivity contribution is 6.40. The molecule has 2 rings (SSSR count). The summed E-state index contributed by atoms with van der Waals surface area (Å²) in [6.45, 7) is 1.79. The second kappa shape index (κ2) is 4.78. The van der Waals surface area contributed by atoms with Gasteiger partial charge in [0.15, 0.2) is 5.82 Å². The van der Waals surface area contributed by atoms with Gasteiger partial charge in [-0.3, -0.25) is 4.79 Å². The van der Waals surface area contributed by atoms with Crippen LogP contribution >= 0.6 is 11.6 Å². The van der Waals surface area contributed by atoms with Crippen LogP contribution in [0.5, 0.6) is 0 Å². The maximum Gasteiger partial charge on any atom is 0.383 e. The Morgan fingerprint density at radius 1 is 1.44 bits per heavy atom. The van der Waals surface area contributed by atoms with Gasteiger partial charge in [-0.15, -0.1) is 0 Å². The van der Waals surface area contributed by atoms with Crippen molar-refractivity contribution in [1.29, 1.82) is 0 Å². The first-order chi connectivity index (χ1) is 8.54. The minimum Gasteiger partial charge on any atom is -0.460 e. The fourth-order valence-corrected chi connectivity index (χ4v) is 1.83. The van der Waals surface area contributed by atoms with E-state index < -0.39 is 11.8 Å². The van der Waals surface area contributed by atoms with Gasteiger partial charge in [-0.25, -0.2) is 9.78 Å². The number of nitrogens with zero attached hydrogens (tertiary/aromatic N) is 2. The molecule has 0 saturated heterocycles. The second-order valence-corrected chi connectivity index (χ2v) is 4.11. The van der Waals surface area contributed by atoms with E-state index in [0.29, 0.717) is 10.5 Å². The van der Waals surface area contributed by atoms with Gasteiger partial charge < -0.3 is 9.30 Å². The Morgan fingerprint density at radius 2 is 2.17 bits per heavy atom. The molecule has 0 aliphatic heterocycles. The maximum atomic E-state index is 11.8.